The highest BCUT2D eigenvalue weighted by atomic mass is 16.6. The van der Waals surface area contributed by atoms with E-state index in [1.165, 1.54) is 6.42 Å². The third-order valence-corrected chi connectivity index (χ3v) is 6.07. The van der Waals surface area contributed by atoms with E-state index in [-0.39, 0.29) is 11.9 Å². The Bertz CT molecular complexity index is 782. The van der Waals surface area contributed by atoms with Crippen molar-refractivity contribution in [2.75, 3.05) is 6.61 Å². The third-order valence-electron chi connectivity index (χ3n) is 6.07. The Kier molecular flexibility index (Phi) is 6.70. The number of carbonyl (C=O) groups is 2. The second kappa shape index (κ2) is 9.23. The molecule has 1 amide bonds. The van der Waals surface area contributed by atoms with Crippen LogP contribution in [0.2, 0.25) is 0 Å². The lowest BCUT2D eigenvalue weighted by Gasteiger charge is -2.34. The SMILES string of the molecule is C[C@H]1[C@@H](NC(=O)COC(=O)C(O)(c2ccccc2)c2ccccc2)CCC[C@@H]1C. The van der Waals surface area contributed by atoms with Crippen LogP contribution in [0.4, 0.5) is 0 Å². The second-order valence-corrected chi connectivity index (χ2v) is 7.96. The number of aliphatic hydroxyl groups is 1. The lowest BCUT2D eigenvalue weighted by molar-refractivity contribution is -0.164. The van der Waals surface area contributed by atoms with Gasteiger partial charge >= 0.3 is 5.97 Å². The molecule has 0 radical (unpaired) electrons. The highest BCUT2D eigenvalue weighted by Gasteiger charge is 2.42. The fourth-order valence-corrected chi connectivity index (χ4v) is 4.03. The molecule has 154 valence electrons. The number of nitrogens with one attached hydrogen (secondary N) is 1. The summed E-state index contributed by atoms with van der Waals surface area (Å²) >= 11 is 0. The first-order valence-electron chi connectivity index (χ1n) is 10.2. The highest BCUT2D eigenvalue weighted by Crippen LogP contribution is 2.31. The van der Waals surface area contributed by atoms with Gasteiger partial charge in [0.1, 0.15) is 0 Å². The Morgan fingerprint density at radius 2 is 1.55 bits per heavy atom. The maximum atomic E-state index is 12.9. The summed E-state index contributed by atoms with van der Waals surface area (Å²) < 4.78 is 5.28. The summed E-state index contributed by atoms with van der Waals surface area (Å²) in [7, 11) is 0. The molecular formula is C24H29NO4. The van der Waals surface area contributed by atoms with Crippen molar-refractivity contribution in [1.29, 1.82) is 0 Å². The summed E-state index contributed by atoms with van der Waals surface area (Å²) in [5.41, 5.74) is -1.19. The minimum atomic E-state index is -1.98. The lowest BCUT2D eigenvalue weighted by atomic mass is 9.78. The van der Waals surface area contributed by atoms with Gasteiger partial charge in [-0.25, -0.2) is 4.79 Å². The lowest BCUT2D eigenvalue weighted by Crippen LogP contribution is -2.46. The van der Waals surface area contributed by atoms with Crippen molar-refractivity contribution < 1.29 is 19.4 Å². The van der Waals surface area contributed by atoms with E-state index in [9.17, 15) is 14.7 Å². The number of hydrogen-bond donors (Lipinski definition) is 2. The van der Waals surface area contributed by atoms with Crippen molar-refractivity contribution in [3.05, 3.63) is 71.8 Å². The van der Waals surface area contributed by atoms with Gasteiger partial charge in [0.25, 0.3) is 5.91 Å². The standard InChI is InChI=1S/C24H29NO4/c1-17-10-9-15-21(18(17)2)25-22(26)16-29-23(27)24(28,19-11-5-3-6-12-19)20-13-7-4-8-14-20/h3-8,11-14,17-18,21,28H,9-10,15-16H2,1-2H3,(H,25,26)/t17-,18+,21-/m0/s1. The summed E-state index contributed by atoms with van der Waals surface area (Å²) in [5, 5.41) is 14.3. The van der Waals surface area contributed by atoms with Crippen LogP contribution in [0.25, 0.3) is 0 Å². The predicted molar refractivity (Wildman–Crippen MR) is 111 cm³/mol. The third kappa shape index (κ3) is 4.67. The second-order valence-electron chi connectivity index (χ2n) is 7.96. The van der Waals surface area contributed by atoms with E-state index in [0.29, 0.717) is 23.0 Å². The van der Waals surface area contributed by atoms with Crippen LogP contribution < -0.4 is 5.32 Å². The molecular weight excluding hydrogens is 366 g/mol. The molecule has 2 aromatic rings. The molecule has 0 spiro atoms. The van der Waals surface area contributed by atoms with Gasteiger partial charge < -0.3 is 15.2 Å². The molecule has 2 N–H and O–H groups in total. The van der Waals surface area contributed by atoms with Gasteiger partial charge in [0.05, 0.1) is 0 Å². The molecule has 0 unspecified atom stereocenters. The van der Waals surface area contributed by atoms with Crippen molar-refractivity contribution >= 4 is 11.9 Å². The average molecular weight is 395 g/mol. The first-order chi connectivity index (χ1) is 13.9. The number of rotatable bonds is 6. The van der Waals surface area contributed by atoms with Crippen LogP contribution in [0.5, 0.6) is 0 Å². The molecule has 0 aromatic heterocycles. The first-order valence-corrected chi connectivity index (χ1v) is 10.2. The van der Waals surface area contributed by atoms with Crippen LogP contribution in [-0.4, -0.2) is 29.6 Å². The van der Waals surface area contributed by atoms with Gasteiger partial charge in [0.2, 0.25) is 5.60 Å². The van der Waals surface area contributed by atoms with Crippen molar-refractivity contribution in [1.82, 2.24) is 5.32 Å². The van der Waals surface area contributed by atoms with Crippen molar-refractivity contribution in [2.24, 2.45) is 11.8 Å². The molecule has 5 nitrogen and oxygen atoms in total. The molecule has 1 saturated carbocycles. The van der Waals surface area contributed by atoms with Gasteiger partial charge in [-0.05, 0) is 29.4 Å². The molecule has 2 aromatic carbocycles. The van der Waals surface area contributed by atoms with Crippen molar-refractivity contribution in [2.45, 2.75) is 44.8 Å². The van der Waals surface area contributed by atoms with E-state index in [1.54, 1.807) is 60.7 Å². The molecule has 3 rings (SSSR count). The van der Waals surface area contributed by atoms with Crippen LogP contribution in [0, 0.1) is 11.8 Å². The van der Waals surface area contributed by atoms with Crippen LogP contribution >= 0.6 is 0 Å². The molecule has 0 bridgehead atoms. The van der Waals surface area contributed by atoms with E-state index < -0.39 is 18.2 Å². The summed E-state index contributed by atoms with van der Waals surface area (Å²) in [6.45, 7) is 3.92. The Hall–Kier alpha value is -2.66. The van der Waals surface area contributed by atoms with Gasteiger partial charge in [-0.3, -0.25) is 4.79 Å². The topological polar surface area (TPSA) is 75.6 Å². The van der Waals surface area contributed by atoms with Crippen molar-refractivity contribution in [3.8, 4) is 0 Å². The Morgan fingerprint density at radius 1 is 1.00 bits per heavy atom. The zero-order valence-corrected chi connectivity index (χ0v) is 17.0. The zero-order valence-electron chi connectivity index (χ0n) is 17.0. The minimum Gasteiger partial charge on any atom is -0.453 e. The molecule has 0 heterocycles. The van der Waals surface area contributed by atoms with Crippen molar-refractivity contribution in [3.63, 3.8) is 0 Å². The number of carbonyl (C=O) groups excluding carboxylic acids is 2. The summed E-state index contributed by atoms with van der Waals surface area (Å²) in [5.74, 6) is -0.269. The minimum absolute atomic E-state index is 0.0899. The molecule has 29 heavy (non-hydrogen) atoms. The van der Waals surface area contributed by atoms with Gasteiger partial charge in [0, 0.05) is 6.04 Å². The maximum Gasteiger partial charge on any atom is 0.348 e. The molecule has 1 fully saturated rings. The number of hydrogen-bond acceptors (Lipinski definition) is 4. The zero-order chi connectivity index (χ0) is 20.9. The quantitative estimate of drug-likeness (QED) is 0.735. The first kappa shape index (κ1) is 21.1. The van der Waals surface area contributed by atoms with Gasteiger partial charge in [-0.1, -0.05) is 87.4 Å². The summed E-state index contributed by atoms with van der Waals surface area (Å²) in [4.78, 5) is 25.3. The fourth-order valence-electron chi connectivity index (χ4n) is 4.03. The molecule has 1 aliphatic rings. The van der Waals surface area contributed by atoms with Crippen LogP contribution in [0.3, 0.4) is 0 Å². The molecule has 3 atom stereocenters. The largest absolute Gasteiger partial charge is 0.453 e. The average Bonchev–Trinajstić information content (AvgIpc) is 2.76. The number of amides is 1. The maximum absolute atomic E-state index is 12.9. The number of esters is 1. The van der Waals surface area contributed by atoms with Gasteiger partial charge in [0.15, 0.2) is 6.61 Å². The highest BCUT2D eigenvalue weighted by molar-refractivity contribution is 5.88. The van der Waals surface area contributed by atoms with Gasteiger partial charge in [-0.2, -0.15) is 0 Å². The molecule has 0 saturated heterocycles. The fraction of sp³-hybridized carbons (Fsp3) is 0.417. The molecule has 0 aliphatic heterocycles. The number of ether oxygens (including phenoxy) is 1. The molecule has 1 aliphatic carbocycles. The van der Waals surface area contributed by atoms with E-state index in [1.807, 2.05) is 0 Å². The van der Waals surface area contributed by atoms with Gasteiger partial charge in [-0.15, -0.1) is 0 Å². The van der Waals surface area contributed by atoms with Crippen LogP contribution in [0.1, 0.15) is 44.2 Å². The van der Waals surface area contributed by atoms with E-state index in [4.69, 9.17) is 4.74 Å². The predicted octanol–water partition coefficient (Wildman–Crippen LogP) is 3.41. The van der Waals surface area contributed by atoms with E-state index in [2.05, 4.69) is 19.2 Å². The Labute approximate surface area is 172 Å². The normalized spacial score (nSPS) is 22.0. The van der Waals surface area contributed by atoms with Crippen LogP contribution in [0.15, 0.2) is 60.7 Å². The Balaban J connectivity index is 1.70. The van der Waals surface area contributed by atoms with Crippen LogP contribution in [-0.2, 0) is 19.9 Å². The smallest absolute Gasteiger partial charge is 0.348 e. The van der Waals surface area contributed by atoms with E-state index in [0.717, 1.165) is 12.8 Å². The van der Waals surface area contributed by atoms with E-state index >= 15 is 0 Å². The Morgan fingerprint density at radius 3 is 2.10 bits per heavy atom. The summed E-state index contributed by atoms with van der Waals surface area (Å²) in [6, 6.07) is 17.3. The molecule has 5 heteroatoms. The monoisotopic (exact) mass is 395 g/mol. The summed E-state index contributed by atoms with van der Waals surface area (Å²) in [6.07, 6.45) is 3.19. The number of benzene rings is 2.